The number of nitrogens with zero attached hydrogens (tertiary/aromatic N) is 4. The van der Waals surface area contributed by atoms with E-state index >= 15 is 0 Å². The van der Waals surface area contributed by atoms with Gasteiger partial charge in [-0.1, -0.05) is 0 Å². The topological polar surface area (TPSA) is 133 Å². The molecule has 0 aromatic heterocycles. The first kappa shape index (κ1) is 23.9. The third kappa shape index (κ3) is 5.94. The number of amides is 2. The van der Waals surface area contributed by atoms with Gasteiger partial charge >= 0.3 is 0 Å². The fourth-order valence-electron chi connectivity index (χ4n) is 4.20. The fraction of sp³-hybridized carbons (Fsp3) is 0.600. The minimum atomic E-state index is -3.31. The lowest BCUT2D eigenvalue weighted by atomic mass is 9.97. The van der Waals surface area contributed by atoms with Crippen molar-refractivity contribution in [3.8, 4) is 0 Å². The number of hydrogen-bond donors (Lipinski definition) is 1. The first-order chi connectivity index (χ1) is 15.0. The number of hydrogen-bond acceptors (Lipinski definition) is 7. The Morgan fingerprint density at radius 3 is 2.44 bits per heavy atom. The smallest absolute Gasteiger partial charge is 0.293 e. The second-order valence-electron chi connectivity index (χ2n) is 8.33. The van der Waals surface area contributed by atoms with Crippen LogP contribution in [0.1, 0.15) is 30.1 Å². The van der Waals surface area contributed by atoms with Crippen LogP contribution in [-0.2, 0) is 14.8 Å². The molecule has 32 heavy (non-hydrogen) atoms. The van der Waals surface area contributed by atoms with E-state index in [4.69, 9.17) is 0 Å². The molecular formula is C20H29N5O6S. The molecule has 1 unspecified atom stereocenters. The lowest BCUT2D eigenvalue weighted by molar-refractivity contribution is -0.384. The molecule has 3 rings (SSSR count). The van der Waals surface area contributed by atoms with Gasteiger partial charge in [-0.15, -0.1) is 0 Å². The van der Waals surface area contributed by atoms with Gasteiger partial charge < -0.3 is 14.7 Å². The molecule has 0 radical (unpaired) electrons. The van der Waals surface area contributed by atoms with Crippen LogP contribution < -0.4 is 9.62 Å². The normalized spacial score (nSPS) is 19.7. The van der Waals surface area contributed by atoms with E-state index in [2.05, 4.69) is 4.72 Å². The summed E-state index contributed by atoms with van der Waals surface area (Å²) in [6.45, 7) is 4.62. The average molecular weight is 468 g/mol. The van der Waals surface area contributed by atoms with Crippen molar-refractivity contribution in [2.45, 2.75) is 19.8 Å². The minimum Gasteiger partial charge on any atom is -0.362 e. The molecule has 1 aromatic carbocycles. The number of rotatable bonds is 6. The second kappa shape index (κ2) is 9.82. The third-order valence-corrected chi connectivity index (χ3v) is 6.62. The summed E-state index contributed by atoms with van der Waals surface area (Å²) in [5.74, 6) is -0.328. The van der Waals surface area contributed by atoms with Crippen molar-refractivity contribution in [2.75, 3.05) is 57.0 Å². The molecule has 1 atom stereocenters. The zero-order valence-electron chi connectivity index (χ0n) is 18.3. The lowest BCUT2D eigenvalue weighted by Crippen LogP contribution is -2.48. The molecule has 0 spiro atoms. The van der Waals surface area contributed by atoms with Gasteiger partial charge in [-0.05, 0) is 30.9 Å². The van der Waals surface area contributed by atoms with Crippen LogP contribution in [0.2, 0.25) is 0 Å². The summed E-state index contributed by atoms with van der Waals surface area (Å²) in [5.41, 5.74) is 0.530. The zero-order valence-corrected chi connectivity index (χ0v) is 19.1. The van der Waals surface area contributed by atoms with Crippen LogP contribution in [0.15, 0.2) is 18.2 Å². The molecule has 2 saturated heterocycles. The molecule has 2 heterocycles. The van der Waals surface area contributed by atoms with Gasteiger partial charge in [0, 0.05) is 64.4 Å². The van der Waals surface area contributed by atoms with Crippen molar-refractivity contribution in [2.24, 2.45) is 5.92 Å². The van der Waals surface area contributed by atoms with E-state index in [1.165, 1.54) is 13.0 Å². The van der Waals surface area contributed by atoms with E-state index in [0.717, 1.165) is 19.1 Å². The van der Waals surface area contributed by atoms with Crippen LogP contribution in [0.25, 0.3) is 0 Å². The SMILES string of the molecule is CC(=O)N1CCN(c2ccc(C(=O)N3CCCC(CNS(C)(=O)=O)C3)cc2[N+](=O)[O-])CC1. The highest BCUT2D eigenvalue weighted by atomic mass is 32.2. The minimum absolute atomic E-state index is 0.00532. The van der Waals surface area contributed by atoms with E-state index in [0.29, 0.717) is 45.0 Å². The molecule has 12 heteroatoms. The maximum absolute atomic E-state index is 13.0. The number of sulfonamides is 1. The van der Waals surface area contributed by atoms with Crippen LogP contribution in [-0.4, -0.2) is 87.0 Å². The van der Waals surface area contributed by atoms with Gasteiger partial charge in [-0.25, -0.2) is 13.1 Å². The van der Waals surface area contributed by atoms with E-state index in [1.54, 1.807) is 21.9 Å². The Balaban J connectivity index is 1.73. The van der Waals surface area contributed by atoms with Crippen LogP contribution in [0.4, 0.5) is 11.4 Å². The highest BCUT2D eigenvalue weighted by Crippen LogP contribution is 2.31. The molecule has 1 N–H and O–H groups in total. The van der Waals surface area contributed by atoms with Gasteiger partial charge in [0.2, 0.25) is 15.9 Å². The maximum Gasteiger partial charge on any atom is 0.293 e. The third-order valence-electron chi connectivity index (χ3n) is 5.93. The highest BCUT2D eigenvalue weighted by molar-refractivity contribution is 7.88. The molecule has 176 valence electrons. The summed E-state index contributed by atoms with van der Waals surface area (Å²) in [7, 11) is -3.31. The molecular weight excluding hydrogens is 438 g/mol. The van der Waals surface area contributed by atoms with Crippen LogP contribution in [0, 0.1) is 16.0 Å². The average Bonchev–Trinajstić information content (AvgIpc) is 2.76. The number of piperazine rings is 1. The zero-order chi connectivity index (χ0) is 23.5. The van der Waals surface area contributed by atoms with E-state index in [9.17, 15) is 28.1 Å². The largest absolute Gasteiger partial charge is 0.362 e. The van der Waals surface area contributed by atoms with E-state index in [1.807, 2.05) is 4.90 Å². The number of benzene rings is 1. The number of likely N-dealkylation sites (tertiary alicyclic amines) is 1. The second-order valence-corrected chi connectivity index (χ2v) is 10.2. The number of nitro groups is 1. The molecule has 0 aliphatic carbocycles. The standard InChI is InChI=1S/C20H29N5O6S/c1-15(26)22-8-10-23(11-9-22)18-6-5-17(12-19(18)25(28)29)20(27)24-7-3-4-16(14-24)13-21-32(2,30)31/h5-6,12,16,21H,3-4,7-11,13-14H2,1-2H3. The Hall–Kier alpha value is -2.73. The van der Waals surface area contributed by atoms with Gasteiger partial charge in [-0.2, -0.15) is 0 Å². The van der Waals surface area contributed by atoms with Crippen LogP contribution >= 0.6 is 0 Å². The maximum atomic E-state index is 13.0. The van der Waals surface area contributed by atoms with E-state index < -0.39 is 14.9 Å². The summed E-state index contributed by atoms with van der Waals surface area (Å²) in [6, 6.07) is 4.51. The lowest BCUT2D eigenvalue weighted by Gasteiger charge is -2.35. The molecule has 2 aliphatic heterocycles. The van der Waals surface area contributed by atoms with Crippen molar-refractivity contribution in [3.63, 3.8) is 0 Å². The number of anilines is 1. The highest BCUT2D eigenvalue weighted by Gasteiger charge is 2.29. The van der Waals surface area contributed by atoms with Crippen molar-refractivity contribution in [3.05, 3.63) is 33.9 Å². The van der Waals surface area contributed by atoms with Crippen molar-refractivity contribution in [1.29, 1.82) is 0 Å². The first-order valence-electron chi connectivity index (χ1n) is 10.6. The Labute approximate surface area is 187 Å². The van der Waals surface area contributed by atoms with Crippen LogP contribution in [0.3, 0.4) is 0 Å². The summed E-state index contributed by atoms with van der Waals surface area (Å²) in [5, 5.41) is 11.7. The molecule has 1 aromatic rings. The van der Waals surface area contributed by atoms with Gasteiger partial charge in [0.05, 0.1) is 11.2 Å². The molecule has 2 fully saturated rings. The van der Waals surface area contributed by atoms with Crippen molar-refractivity contribution < 1.29 is 22.9 Å². The predicted molar refractivity (Wildman–Crippen MR) is 119 cm³/mol. The van der Waals surface area contributed by atoms with Crippen molar-refractivity contribution >= 4 is 33.2 Å². The summed E-state index contributed by atoms with van der Waals surface area (Å²) < 4.78 is 25.2. The van der Waals surface area contributed by atoms with Gasteiger partial charge in [-0.3, -0.25) is 19.7 Å². The molecule has 2 aliphatic rings. The fourth-order valence-corrected chi connectivity index (χ4v) is 4.74. The Kier molecular flexibility index (Phi) is 7.34. The molecule has 11 nitrogen and oxygen atoms in total. The molecule has 0 bridgehead atoms. The summed E-state index contributed by atoms with van der Waals surface area (Å²) in [4.78, 5) is 41.0. The number of carbonyl (C=O) groups excluding carboxylic acids is 2. The van der Waals surface area contributed by atoms with E-state index in [-0.39, 0.29) is 35.5 Å². The van der Waals surface area contributed by atoms with Crippen LogP contribution in [0.5, 0.6) is 0 Å². The Morgan fingerprint density at radius 1 is 1.16 bits per heavy atom. The summed E-state index contributed by atoms with van der Waals surface area (Å²) in [6.07, 6.45) is 2.64. The number of carbonyl (C=O) groups is 2. The first-order valence-corrected chi connectivity index (χ1v) is 12.5. The Morgan fingerprint density at radius 2 is 1.84 bits per heavy atom. The number of piperidine rings is 1. The quantitative estimate of drug-likeness (QED) is 0.480. The van der Waals surface area contributed by atoms with Gasteiger partial charge in [0.25, 0.3) is 11.6 Å². The Bertz CT molecular complexity index is 990. The van der Waals surface area contributed by atoms with Gasteiger partial charge in [0.1, 0.15) is 5.69 Å². The predicted octanol–water partition coefficient (Wildman–Crippen LogP) is 0.665. The number of nitrogens with one attached hydrogen (secondary N) is 1. The number of nitro benzene ring substituents is 1. The van der Waals surface area contributed by atoms with Crippen molar-refractivity contribution in [1.82, 2.24) is 14.5 Å². The summed E-state index contributed by atoms with van der Waals surface area (Å²) >= 11 is 0. The molecule has 0 saturated carbocycles. The van der Waals surface area contributed by atoms with Gasteiger partial charge in [0.15, 0.2) is 0 Å². The monoisotopic (exact) mass is 467 g/mol. The molecule has 2 amide bonds.